The number of halogens is 3. The number of nitrogens with one attached hydrogen (secondary N) is 1. The van der Waals surface area contributed by atoms with E-state index in [9.17, 15) is 17.4 Å². The molecular weight excluding hydrogens is 454 g/mol. The van der Waals surface area contributed by atoms with Crippen LogP contribution in [0.4, 0.5) is 13.2 Å². The van der Waals surface area contributed by atoms with Gasteiger partial charge in [-0.15, -0.1) is 14.0 Å². The highest BCUT2D eigenvalue weighted by Gasteiger charge is 2.56. The van der Waals surface area contributed by atoms with Gasteiger partial charge in [-0.05, 0) is 56.3 Å². The van der Waals surface area contributed by atoms with E-state index in [0.29, 0.717) is 0 Å². The highest BCUT2D eigenvalue weighted by atomic mass is 32.2. The molecule has 10 heteroatoms. The third kappa shape index (κ3) is 5.02. The predicted molar refractivity (Wildman–Crippen MR) is 118 cm³/mol. The molecule has 0 heterocycles. The first-order valence-corrected chi connectivity index (χ1v) is 12.3. The van der Waals surface area contributed by atoms with Crippen LogP contribution in [0, 0.1) is 0 Å². The second kappa shape index (κ2) is 9.17. The van der Waals surface area contributed by atoms with Crippen molar-refractivity contribution in [1.82, 2.24) is 4.72 Å². The van der Waals surface area contributed by atoms with E-state index in [-0.39, 0.29) is 16.4 Å². The fourth-order valence-corrected chi connectivity index (χ4v) is 5.54. The van der Waals surface area contributed by atoms with Gasteiger partial charge in [-0.1, -0.05) is 36.4 Å². The van der Waals surface area contributed by atoms with Crippen molar-refractivity contribution in [2.45, 2.75) is 54.8 Å². The molecule has 30 heavy (non-hydrogen) atoms. The second-order valence-corrected chi connectivity index (χ2v) is 12.4. The van der Waals surface area contributed by atoms with Gasteiger partial charge in [0, 0.05) is 11.4 Å². The van der Waals surface area contributed by atoms with E-state index in [1.807, 2.05) is 0 Å². The summed E-state index contributed by atoms with van der Waals surface area (Å²) in [7, 11) is -2.97. The van der Waals surface area contributed by atoms with Gasteiger partial charge in [0.15, 0.2) is 6.04 Å². The van der Waals surface area contributed by atoms with E-state index in [1.54, 1.807) is 20.8 Å². The molecule has 0 saturated carbocycles. The molecule has 4 atom stereocenters. The van der Waals surface area contributed by atoms with Crippen LogP contribution in [-0.2, 0) is 21.2 Å². The smallest absolute Gasteiger partial charge is 0.373 e. The van der Waals surface area contributed by atoms with Gasteiger partial charge in [0.1, 0.15) is 10.9 Å². The lowest BCUT2D eigenvalue weighted by atomic mass is 10.0. The van der Waals surface area contributed by atoms with Crippen molar-refractivity contribution in [2.24, 2.45) is 0 Å². The average Bonchev–Trinajstić information content (AvgIpc) is 2.65. The van der Waals surface area contributed by atoms with Crippen LogP contribution in [0.25, 0.3) is 0 Å². The Kier molecular flexibility index (Phi) is 7.68. The van der Waals surface area contributed by atoms with Crippen molar-refractivity contribution in [3.8, 4) is 0 Å². The van der Waals surface area contributed by atoms with Crippen LogP contribution in [-0.4, -0.2) is 23.0 Å². The summed E-state index contributed by atoms with van der Waals surface area (Å²) in [6.07, 6.45) is -1.47. The molecular formula is C20H25F3NO3PS2. The topological polar surface area (TPSA) is 69.2 Å². The van der Waals surface area contributed by atoms with Crippen LogP contribution < -0.4 is 10.0 Å². The number of alkyl halides is 3. The summed E-state index contributed by atoms with van der Waals surface area (Å²) in [5.74, 6) is 0. The van der Waals surface area contributed by atoms with Gasteiger partial charge in [-0.2, -0.15) is 8.78 Å². The van der Waals surface area contributed by atoms with E-state index in [2.05, 4.69) is 14.0 Å². The molecule has 0 amide bonds. The third-order valence-electron chi connectivity index (χ3n) is 4.44. The number of hydrogen-bond donors (Lipinski definition) is 1. The van der Waals surface area contributed by atoms with Crippen molar-refractivity contribution in [2.75, 3.05) is 0 Å². The van der Waals surface area contributed by atoms with Crippen molar-refractivity contribution in [3.05, 3.63) is 59.7 Å². The fourth-order valence-electron chi connectivity index (χ4n) is 2.71. The van der Waals surface area contributed by atoms with E-state index < -0.39 is 48.3 Å². The molecule has 0 aromatic heterocycles. The maximum atomic E-state index is 15.6. The molecule has 0 saturated heterocycles. The van der Waals surface area contributed by atoms with Gasteiger partial charge in [0.05, 0.1) is 4.90 Å². The number of rotatable bonds is 7. The Bertz CT molecular complexity index is 981. The third-order valence-corrected chi connectivity index (χ3v) is 8.52. The maximum absolute atomic E-state index is 15.6. The van der Waals surface area contributed by atoms with Crippen LogP contribution >= 0.6 is 9.24 Å². The van der Waals surface area contributed by atoms with Crippen LogP contribution in [0.1, 0.15) is 51.0 Å². The van der Waals surface area contributed by atoms with Crippen LogP contribution in [0.3, 0.4) is 0 Å². The summed E-state index contributed by atoms with van der Waals surface area (Å²) < 4.78 is 85.0. The van der Waals surface area contributed by atoms with E-state index in [1.165, 1.54) is 43.3 Å². The summed E-state index contributed by atoms with van der Waals surface area (Å²) >= 11 is -2.03. The molecule has 2 aromatic carbocycles. The zero-order chi connectivity index (χ0) is 22.9. The summed E-state index contributed by atoms with van der Waals surface area (Å²) in [6, 6.07) is 8.23. The lowest BCUT2D eigenvalue weighted by Crippen LogP contribution is -2.50. The van der Waals surface area contributed by atoms with Crippen molar-refractivity contribution in [3.63, 3.8) is 0 Å². The van der Waals surface area contributed by atoms with Gasteiger partial charge >= 0.3 is 5.25 Å². The molecule has 2 aromatic rings. The number of benzene rings is 2. The van der Waals surface area contributed by atoms with Gasteiger partial charge in [0.2, 0.25) is 9.84 Å². The summed E-state index contributed by atoms with van der Waals surface area (Å²) in [6.45, 7) is 5.96. The Hall–Kier alpha value is -1.12. The Morgan fingerprint density at radius 2 is 1.57 bits per heavy atom. The standard InChI is InChI=1S/C20H25F3NO3PS2/c1-13(21)15-11-8-12-16(17(15)28)18(24-29(25)19(2,3)4)20(22,23)30(26,27)14-9-6-5-7-10-14/h5-13,18,24H,28H2,1-4H3. The first-order chi connectivity index (χ1) is 13.7. The molecule has 166 valence electrons. The van der Waals surface area contributed by atoms with Crippen LogP contribution in [0.2, 0.25) is 0 Å². The molecule has 0 spiro atoms. The van der Waals surface area contributed by atoms with E-state index in [4.69, 9.17) is 0 Å². The van der Waals surface area contributed by atoms with Crippen molar-refractivity contribution in [1.29, 1.82) is 0 Å². The zero-order valence-electron chi connectivity index (χ0n) is 17.0. The number of sulfone groups is 1. The SMILES string of the molecule is CC(F)c1cccc(C(N[S+]([O-])C(C)(C)C)C(F)(F)S(=O)(=O)c2ccccc2)c1P. The first kappa shape index (κ1) is 25.1. The summed E-state index contributed by atoms with van der Waals surface area (Å²) in [5.41, 5.74) is -0.0390. The van der Waals surface area contributed by atoms with Gasteiger partial charge < -0.3 is 4.55 Å². The fraction of sp³-hybridized carbons (Fsp3) is 0.400. The van der Waals surface area contributed by atoms with E-state index >= 15 is 8.78 Å². The van der Waals surface area contributed by atoms with Gasteiger partial charge in [0.25, 0.3) is 0 Å². The summed E-state index contributed by atoms with van der Waals surface area (Å²) in [4.78, 5) is -0.566. The van der Waals surface area contributed by atoms with Gasteiger partial charge in [-0.25, -0.2) is 12.8 Å². The minimum atomic E-state index is -5.16. The number of hydrogen-bond acceptors (Lipinski definition) is 4. The molecule has 0 fully saturated rings. The largest absolute Gasteiger partial charge is 0.598 e. The lowest BCUT2D eigenvalue weighted by Gasteiger charge is -2.33. The van der Waals surface area contributed by atoms with E-state index in [0.717, 1.165) is 12.1 Å². The first-order valence-electron chi connectivity index (χ1n) is 9.09. The Labute approximate surface area is 181 Å². The minimum absolute atomic E-state index is 0.0962. The predicted octanol–water partition coefficient (Wildman–Crippen LogP) is 4.38. The van der Waals surface area contributed by atoms with Crippen LogP contribution in [0.5, 0.6) is 0 Å². The molecule has 0 radical (unpaired) electrons. The highest BCUT2D eigenvalue weighted by molar-refractivity contribution is 7.93. The molecule has 0 aliphatic heterocycles. The summed E-state index contributed by atoms with van der Waals surface area (Å²) in [5, 5.41) is -4.28. The van der Waals surface area contributed by atoms with Gasteiger partial charge in [-0.3, -0.25) is 0 Å². The molecule has 4 unspecified atom stereocenters. The van der Waals surface area contributed by atoms with Crippen molar-refractivity contribution < 1.29 is 26.1 Å². The maximum Gasteiger partial charge on any atom is 0.373 e. The molecule has 4 nitrogen and oxygen atoms in total. The zero-order valence-corrected chi connectivity index (χ0v) is 19.8. The molecule has 1 N–H and O–H groups in total. The molecule has 0 aliphatic carbocycles. The Morgan fingerprint density at radius 3 is 2.07 bits per heavy atom. The molecule has 0 aliphatic rings. The second-order valence-electron chi connectivity index (χ2n) is 7.78. The lowest BCUT2D eigenvalue weighted by molar-refractivity contribution is 0.0556. The highest BCUT2D eigenvalue weighted by Crippen LogP contribution is 2.41. The van der Waals surface area contributed by atoms with Crippen molar-refractivity contribution >= 4 is 35.7 Å². The minimum Gasteiger partial charge on any atom is -0.598 e. The monoisotopic (exact) mass is 479 g/mol. The molecule has 0 bridgehead atoms. The van der Waals surface area contributed by atoms with Crippen LogP contribution in [0.15, 0.2) is 53.4 Å². The average molecular weight is 480 g/mol. The Morgan fingerprint density at radius 1 is 1.03 bits per heavy atom. The Balaban J connectivity index is 2.69. The molecule has 2 rings (SSSR count). The normalized spacial score (nSPS) is 16.2. The quantitative estimate of drug-likeness (QED) is 0.473.